The van der Waals surface area contributed by atoms with Crippen LogP contribution in [0.1, 0.15) is 105 Å². The van der Waals surface area contributed by atoms with Crippen LogP contribution in [-0.2, 0) is 20.7 Å². The van der Waals surface area contributed by atoms with E-state index in [9.17, 15) is 23.2 Å². The Hall–Kier alpha value is -3.31. The minimum absolute atomic E-state index is 0.0612. The number of amides is 3. The fourth-order valence-electron chi connectivity index (χ4n) is 5.88. The van der Waals surface area contributed by atoms with Crippen molar-refractivity contribution < 1.29 is 32.6 Å². The number of imide groups is 1. The van der Waals surface area contributed by atoms with Crippen LogP contribution in [0.2, 0.25) is 0 Å². The Morgan fingerprint density at radius 3 is 2.30 bits per heavy atom. The van der Waals surface area contributed by atoms with Crippen molar-refractivity contribution >= 4 is 23.7 Å². The van der Waals surface area contributed by atoms with Gasteiger partial charge in [-0.3, -0.25) is 4.79 Å². The van der Waals surface area contributed by atoms with Gasteiger partial charge in [-0.15, -0.1) is 0 Å². The standard InChI is InChI=1S/C31H45F2N5O5/c1-18(2)23-15-21(26(39)38(23)28(41)43-30(6,7)8)13-19-14-24-35-22(17-37(24)34-16-19)25(36-27(40)42-29(3,4)5)20-9-11-31(32,33)12-10-20/h14,16-18,20-21,23,25H,9-13,15H2,1-8H3,(H,36,40)/t21?,23?,25-/m0/s1. The van der Waals surface area contributed by atoms with Crippen molar-refractivity contribution in [3.8, 4) is 0 Å². The van der Waals surface area contributed by atoms with Crippen molar-refractivity contribution in [3.63, 3.8) is 0 Å². The molecule has 0 bridgehead atoms. The van der Waals surface area contributed by atoms with Crippen LogP contribution in [0.4, 0.5) is 18.4 Å². The van der Waals surface area contributed by atoms with E-state index >= 15 is 0 Å². The van der Waals surface area contributed by atoms with E-state index in [2.05, 4.69) is 10.4 Å². The van der Waals surface area contributed by atoms with E-state index in [0.717, 1.165) is 5.56 Å². The summed E-state index contributed by atoms with van der Waals surface area (Å²) in [4.78, 5) is 45.1. The van der Waals surface area contributed by atoms with Crippen LogP contribution >= 0.6 is 0 Å². The Labute approximate surface area is 251 Å². The lowest BCUT2D eigenvalue weighted by atomic mass is 9.81. The summed E-state index contributed by atoms with van der Waals surface area (Å²) in [5, 5.41) is 7.36. The molecule has 0 spiro atoms. The second-order valence-corrected chi connectivity index (χ2v) is 14.3. The molecule has 1 saturated carbocycles. The maximum Gasteiger partial charge on any atom is 0.417 e. The topological polar surface area (TPSA) is 115 Å². The highest BCUT2D eigenvalue weighted by atomic mass is 19.3. The number of carbonyl (C=O) groups is 3. The van der Waals surface area contributed by atoms with Gasteiger partial charge in [-0.25, -0.2) is 32.8 Å². The Balaban J connectivity index is 1.56. The Morgan fingerprint density at radius 2 is 1.72 bits per heavy atom. The van der Waals surface area contributed by atoms with Gasteiger partial charge in [0.25, 0.3) is 0 Å². The summed E-state index contributed by atoms with van der Waals surface area (Å²) < 4.78 is 40.5. The average Bonchev–Trinajstić information content (AvgIpc) is 3.41. The van der Waals surface area contributed by atoms with Gasteiger partial charge < -0.3 is 14.8 Å². The van der Waals surface area contributed by atoms with Crippen molar-refractivity contribution in [2.24, 2.45) is 17.8 Å². The van der Waals surface area contributed by atoms with Gasteiger partial charge >= 0.3 is 12.2 Å². The van der Waals surface area contributed by atoms with Gasteiger partial charge in [0.05, 0.1) is 24.1 Å². The number of halogens is 2. The number of hydrogen-bond donors (Lipinski definition) is 1. The van der Waals surface area contributed by atoms with E-state index in [1.807, 2.05) is 19.9 Å². The van der Waals surface area contributed by atoms with Gasteiger partial charge in [0.1, 0.15) is 11.2 Å². The molecule has 238 valence electrons. The van der Waals surface area contributed by atoms with Crippen LogP contribution in [0.15, 0.2) is 18.5 Å². The quantitative estimate of drug-likeness (QED) is 0.401. The van der Waals surface area contributed by atoms with E-state index in [-0.39, 0.29) is 49.5 Å². The number of hydrogen-bond acceptors (Lipinski definition) is 7. The molecule has 2 fully saturated rings. The summed E-state index contributed by atoms with van der Waals surface area (Å²) in [6, 6.07) is 0.912. The lowest BCUT2D eigenvalue weighted by Crippen LogP contribution is -2.44. The number of aromatic nitrogens is 3. The van der Waals surface area contributed by atoms with Gasteiger partial charge in [0, 0.05) is 24.8 Å². The van der Waals surface area contributed by atoms with Crippen molar-refractivity contribution in [3.05, 3.63) is 29.7 Å². The van der Waals surface area contributed by atoms with E-state index in [1.54, 1.807) is 58.5 Å². The smallest absolute Gasteiger partial charge is 0.417 e. The lowest BCUT2D eigenvalue weighted by Gasteiger charge is -2.33. The largest absolute Gasteiger partial charge is 0.444 e. The van der Waals surface area contributed by atoms with Crippen LogP contribution < -0.4 is 5.32 Å². The molecular weight excluding hydrogens is 560 g/mol. The molecule has 0 radical (unpaired) electrons. The fourth-order valence-corrected chi connectivity index (χ4v) is 5.88. The predicted molar refractivity (Wildman–Crippen MR) is 156 cm³/mol. The molecule has 4 rings (SSSR count). The van der Waals surface area contributed by atoms with Crippen molar-refractivity contribution in [1.82, 2.24) is 24.8 Å². The number of rotatable bonds is 6. The van der Waals surface area contributed by atoms with E-state index < -0.39 is 41.3 Å². The second kappa shape index (κ2) is 12.0. The molecule has 1 aliphatic heterocycles. The molecule has 1 N–H and O–H groups in total. The number of alkyl carbamates (subject to hydrolysis) is 1. The van der Waals surface area contributed by atoms with Crippen LogP contribution in [-0.4, -0.2) is 60.8 Å². The zero-order chi connectivity index (χ0) is 31.9. The second-order valence-electron chi connectivity index (χ2n) is 14.3. The molecule has 0 aromatic carbocycles. The Morgan fingerprint density at radius 1 is 1.09 bits per heavy atom. The van der Waals surface area contributed by atoms with Crippen LogP contribution in [0.25, 0.3) is 5.65 Å². The molecule has 3 atom stereocenters. The van der Waals surface area contributed by atoms with Gasteiger partial charge in [0.15, 0.2) is 5.65 Å². The number of likely N-dealkylation sites (tertiary alicyclic amines) is 1. The van der Waals surface area contributed by atoms with Crippen molar-refractivity contribution in [1.29, 1.82) is 0 Å². The summed E-state index contributed by atoms with van der Waals surface area (Å²) in [5.41, 5.74) is 0.317. The van der Waals surface area contributed by atoms with E-state index in [4.69, 9.17) is 14.5 Å². The highest BCUT2D eigenvalue weighted by Gasteiger charge is 2.46. The minimum atomic E-state index is -2.71. The molecule has 2 aromatic heterocycles. The third-order valence-corrected chi connectivity index (χ3v) is 7.91. The lowest BCUT2D eigenvalue weighted by molar-refractivity contribution is -0.131. The fraction of sp³-hybridized carbons (Fsp3) is 0.710. The summed E-state index contributed by atoms with van der Waals surface area (Å²) in [6.07, 6.45) is 2.89. The van der Waals surface area contributed by atoms with Gasteiger partial charge in [-0.05, 0) is 90.7 Å². The number of ether oxygens (including phenoxy) is 2. The third-order valence-electron chi connectivity index (χ3n) is 7.91. The molecule has 43 heavy (non-hydrogen) atoms. The molecular formula is C31H45F2N5O5. The van der Waals surface area contributed by atoms with E-state index in [0.29, 0.717) is 24.2 Å². The molecule has 3 heterocycles. The van der Waals surface area contributed by atoms with Crippen LogP contribution in [0, 0.1) is 17.8 Å². The molecule has 1 saturated heterocycles. The zero-order valence-corrected chi connectivity index (χ0v) is 26.4. The first-order valence-corrected chi connectivity index (χ1v) is 15.1. The highest BCUT2D eigenvalue weighted by molar-refractivity contribution is 5.95. The normalized spacial score (nSPS) is 22.2. The SMILES string of the molecule is CC(C)C1CC(Cc2cnn3cc([C@@H](NC(=O)OC(C)(C)C)C4CCC(F)(F)CC4)nc3c2)C(=O)N1C(=O)OC(C)(C)C. The minimum Gasteiger partial charge on any atom is -0.444 e. The van der Waals surface area contributed by atoms with Crippen LogP contribution in [0.5, 0.6) is 0 Å². The summed E-state index contributed by atoms with van der Waals surface area (Å²) in [7, 11) is 0. The summed E-state index contributed by atoms with van der Waals surface area (Å²) in [6.45, 7) is 14.5. The third kappa shape index (κ3) is 8.20. The summed E-state index contributed by atoms with van der Waals surface area (Å²) >= 11 is 0. The van der Waals surface area contributed by atoms with Crippen molar-refractivity contribution in [2.75, 3.05) is 0 Å². The average molecular weight is 606 g/mol. The first-order valence-electron chi connectivity index (χ1n) is 15.1. The maximum atomic E-state index is 13.9. The van der Waals surface area contributed by atoms with Gasteiger partial charge in [-0.2, -0.15) is 5.10 Å². The summed E-state index contributed by atoms with van der Waals surface area (Å²) in [5.74, 6) is -3.60. The molecule has 2 aliphatic rings. The maximum absolute atomic E-state index is 13.9. The number of carbonyl (C=O) groups excluding carboxylic acids is 3. The zero-order valence-electron chi connectivity index (χ0n) is 26.4. The molecule has 2 aromatic rings. The highest BCUT2D eigenvalue weighted by Crippen LogP contribution is 2.41. The molecule has 10 nitrogen and oxygen atoms in total. The Bertz CT molecular complexity index is 1340. The monoisotopic (exact) mass is 605 g/mol. The number of nitrogens with one attached hydrogen (secondary N) is 1. The molecule has 2 unspecified atom stereocenters. The predicted octanol–water partition coefficient (Wildman–Crippen LogP) is 6.47. The van der Waals surface area contributed by atoms with Gasteiger partial charge in [-0.1, -0.05) is 13.8 Å². The number of fused-ring (bicyclic) bond motifs is 1. The number of imidazole rings is 1. The molecule has 12 heteroatoms. The molecule has 3 amide bonds. The van der Waals surface area contributed by atoms with Crippen LogP contribution in [0.3, 0.4) is 0 Å². The van der Waals surface area contributed by atoms with Crippen molar-refractivity contribution in [2.45, 2.75) is 123 Å². The first-order chi connectivity index (χ1) is 19.8. The number of alkyl halides is 2. The first kappa shape index (κ1) is 32.6. The van der Waals surface area contributed by atoms with Gasteiger partial charge in [0.2, 0.25) is 11.8 Å². The van der Waals surface area contributed by atoms with E-state index in [1.165, 1.54) is 4.90 Å². The Kier molecular flexibility index (Phi) is 9.09. The molecule has 1 aliphatic carbocycles. The number of nitrogens with zero attached hydrogens (tertiary/aromatic N) is 4.